The van der Waals surface area contributed by atoms with Gasteiger partial charge in [0.25, 0.3) is 0 Å². The summed E-state index contributed by atoms with van der Waals surface area (Å²) in [6.07, 6.45) is -7.90. The van der Waals surface area contributed by atoms with Crippen molar-refractivity contribution in [3.8, 4) is 23.0 Å². The lowest BCUT2D eigenvalue weighted by atomic mass is 10.0. The van der Waals surface area contributed by atoms with Crippen molar-refractivity contribution < 1.29 is 78.8 Å². The van der Waals surface area contributed by atoms with E-state index in [2.05, 4.69) is 10.6 Å². The molecule has 0 amide bonds. The molecule has 0 aliphatic rings. The van der Waals surface area contributed by atoms with Crippen molar-refractivity contribution in [3.05, 3.63) is 47.5 Å². The fourth-order valence-corrected chi connectivity index (χ4v) is 3.33. The zero-order valence-electron chi connectivity index (χ0n) is 28.2. The highest BCUT2D eigenvalue weighted by molar-refractivity contribution is 7.79. The molecule has 0 heterocycles. The van der Waals surface area contributed by atoms with Crippen LogP contribution in [0.1, 0.15) is 64.9 Å². The van der Waals surface area contributed by atoms with Gasteiger partial charge in [-0.2, -0.15) is 8.42 Å². The van der Waals surface area contributed by atoms with Crippen LogP contribution in [-0.2, 0) is 10.4 Å². The maximum absolute atomic E-state index is 9.85. The van der Waals surface area contributed by atoms with Crippen LogP contribution in [0.25, 0.3) is 0 Å². The van der Waals surface area contributed by atoms with Gasteiger partial charge in [0.2, 0.25) is 0 Å². The Hall–Kier alpha value is -2.89. The molecular weight excluding hydrogens is 676 g/mol. The van der Waals surface area contributed by atoms with Crippen LogP contribution in [0.15, 0.2) is 36.4 Å². The predicted molar refractivity (Wildman–Crippen MR) is 177 cm³/mol. The molecule has 2 aromatic rings. The van der Waals surface area contributed by atoms with Crippen molar-refractivity contribution in [2.75, 3.05) is 26.3 Å². The summed E-state index contributed by atoms with van der Waals surface area (Å²) in [5.41, 5.74) is 0.822. The molecule has 0 fully saturated rings. The second-order valence-corrected chi connectivity index (χ2v) is 13.7. The molecule has 0 bridgehead atoms. The Morgan fingerprint density at radius 2 is 0.776 bits per heavy atom. The fourth-order valence-electron chi connectivity index (χ4n) is 3.33. The molecule has 0 radical (unpaired) electrons. The van der Waals surface area contributed by atoms with Gasteiger partial charge in [0, 0.05) is 36.3 Å². The smallest absolute Gasteiger partial charge is 0.394 e. The summed E-state index contributed by atoms with van der Waals surface area (Å²) >= 11 is 0. The van der Waals surface area contributed by atoms with Crippen molar-refractivity contribution in [1.82, 2.24) is 10.6 Å². The van der Waals surface area contributed by atoms with E-state index in [1.165, 1.54) is 36.4 Å². The molecular formula is C30H54N2O16S. The molecule has 0 spiro atoms. The van der Waals surface area contributed by atoms with E-state index in [-0.39, 0.29) is 34.1 Å². The van der Waals surface area contributed by atoms with E-state index in [9.17, 15) is 30.6 Å². The number of hydrogen-bond acceptors (Lipinski definition) is 16. The third-order valence-corrected chi connectivity index (χ3v) is 5.78. The maximum Gasteiger partial charge on any atom is 0.394 e. The van der Waals surface area contributed by atoms with Crippen LogP contribution in [0.3, 0.4) is 0 Å². The lowest BCUT2D eigenvalue weighted by molar-refractivity contribution is -0.123. The second kappa shape index (κ2) is 22.0. The Balaban J connectivity index is 0. The highest BCUT2D eigenvalue weighted by Crippen LogP contribution is 2.26. The van der Waals surface area contributed by atoms with Gasteiger partial charge in [-0.3, -0.25) is 9.11 Å². The highest BCUT2D eigenvalue weighted by Gasteiger charge is 2.29. The number of benzene rings is 2. The third kappa shape index (κ3) is 25.7. The molecule has 2 rings (SSSR count). The van der Waals surface area contributed by atoms with E-state index in [1.54, 1.807) is 0 Å². The van der Waals surface area contributed by atoms with Crippen molar-refractivity contribution >= 4 is 10.4 Å². The van der Waals surface area contributed by atoms with E-state index in [0.29, 0.717) is 24.2 Å². The van der Waals surface area contributed by atoms with Gasteiger partial charge in [-0.15, -0.1) is 0 Å². The highest BCUT2D eigenvalue weighted by atomic mass is 32.3. The SMILES string of the molecule is CC(C)(C)NCC(O)c1cc(O)cc(O)c1.CC(C)(C)NCC(O)c1cc(O)cc(O)c1.O=S(=O)(O)O.OC[C@@H](O)[C@@H](O)[C@H](O)[C@@H](O)CO. The number of rotatable bonds is 11. The minimum absolute atomic E-state index is 0.0511. The van der Waals surface area contributed by atoms with Crippen LogP contribution in [0.5, 0.6) is 23.0 Å². The number of β-amino-alcohol motifs (C(OH)–C–C–N with tert-alkyl or cyclic N) is 2. The Labute approximate surface area is 285 Å². The normalized spacial score (nSPS) is 15.4. The summed E-state index contributed by atoms with van der Waals surface area (Å²) in [5.74, 6) is -0.204. The maximum atomic E-state index is 9.85. The summed E-state index contributed by atoms with van der Waals surface area (Å²) in [5, 5.41) is 115. The Kier molecular flexibility index (Phi) is 21.7. The van der Waals surface area contributed by atoms with E-state index in [0.717, 1.165) is 0 Å². The first-order valence-electron chi connectivity index (χ1n) is 14.7. The van der Waals surface area contributed by atoms with Gasteiger partial charge in [0.05, 0.1) is 25.4 Å². The number of aliphatic hydroxyl groups excluding tert-OH is 8. The molecule has 16 N–H and O–H groups in total. The molecule has 2 unspecified atom stereocenters. The van der Waals surface area contributed by atoms with Crippen LogP contribution < -0.4 is 10.6 Å². The molecule has 0 saturated carbocycles. The first-order chi connectivity index (χ1) is 22.1. The Morgan fingerprint density at radius 1 is 0.551 bits per heavy atom. The average Bonchev–Trinajstić information content (AvgIpc) is 2.95. The minimum atomic E-state index is -4.67. The molecule has 19 heteroatoms. The van der Waals surface area contributed by atoms with Crippen molar-refractivity contribution in [2.24, 2.45) is 0 Å². The van der Waals surface area contributed by atoms with Gasteiger partial charge in [-0.1, -0.05) is 0 Å². The van der Waals surface area contributed by atoms with Crippen LogP contribution in [0, 0.1) is 0 Å². The number of phenolic OH excluding ortho intramolecular Hbond substituents is 4. The topological polar surface area (TPSA) is 341 Å². The molecule has 6 atom stereocenters. The van der Waals surface area contributed by atoms with E-state index >= 15 is 0 Å². The standard InChI is InChI=1S/2C12H19NO3.C6H14O6.H2O4S/c2*1-12(2,3)13-7-11(16)8-4-9(14)6-10(15)5-8;7-1-3(9)5(11)6(12)4(10)2-8;1-5(2,3)4/h2*4-6,11,13-16H,7H2,1-3H3;3-12H,1-2H2;(H2,1,2,3,4)/t;;3-,4+,5-,6-;/m..1./s1. The first kappa shape index (κ1) is 48.2. The quantitative estimate of drug-likeness (QED) is 0.121. The first-order valence-corrected chi connectivity index (χ1v) is 16.1. The second-order valence-electron chi connectivity index (χ2n) is 12.8. The monoisotopic (exact) mass is 730 g/mol. The lowest BCUT2D eigenvalue weighted by Crippen LogP contribution is -2.46. The number of nitrogens with one attached hydrogen (secondary N) is 2. The molecule has 0 saturated heterocycles. The van der Waals surface area contributed by atoms with Crippen molar-refractivity contribution in [1.29, 1.82) is 0 Å². The van der Waals surface area contributed by atoms with E-state index < -0.39 is 60.2 Å². The molecule has 0 aromatic heterocycles. The van der Waals surface area contributed by atoms with Crippen LogP contribution in [-0.4, -0.2) is 141 Å². The summed E-state index contributed by atoms with van der Waals surface area (Å²) in [6, 6.07) is 8.22. The van der Waals surface area contributed by atoms with Crippen molar-refractivity contribution in [3.63, 3.8) is 0 Å². The number of phenols is 4. The van der Waals surface area contributed by atoms with Crippen LogP contribution >= 0.6 is 0 Å². The lowest BCUT2D eigenvalue weighted by Gasteiger charge is -2.24. The summed E-state index contributed by atoms with van der Waals surface area (Å²) in [4.78, 5) is 0. The summed E-state index contributed by atoms with van der Waals surface area (Å²) in [6.45, 7) is 11.3. The zero-order valence-corrected chi connectivity index (χ0v) is 29.1. The molecule has 49 heavy (non-hydrogen) atoms. The van der Waals surface area contributed by atoms with Gasteiger partial charge < -0.3 is 71.9 Å². The van der Waals surface area contributed by atoms with Crippen LogP contribution in [0.2, 0.25) is 0 Å². The summed E-state index contributed by atoms with van der Waals surface area (Å²) in [7, 11) is -4.67. The Morgan fingerprint density at radius 3 is 0.959 bits per heavy atom. The minimum Gasteiger partial charge on any atom is -0.508 e. The largest absolute Gasteiger partial charge is 0.508 e. The third-order valence-electron chi connectivity index (χ3n) is 5.78. The number of hydrogen-bond donors (Lipinski definition) is 16. The van der Waals surface area contributed by atoms with Gasteiger partial charge in [0.1, 0.15) is 47.4 Å². The van der Waals surface area contributed by atoms with Gasteiger partial charge in [-0.05, 0) is 76.9 Å². The average molecular weight is 731 g/mol. The van der Waals surface area contributed by atoms with Crippen molar-refractivity contribution in [2.45, 2.75) is 89.2 Å². The zero-order chi connectivity index (χ0) is 38.9. The molecule has 0 aliphatic carbocycles. The number of aliphatic hydroxyl groups is 8. The fraction of sp³-hybridized carbons (Fsp3) is 0.600. The van der Waals surface area contributed by atoms with E-state index in [4.69, 9.17) is 48.2 Å². The molecule has 2 aromatic carbocycles. The van der Waals surface area contributed by atoms with E-state index in [1.807, 2.05) is 41.5 Å². The van der Waals surface area contributed by atoms with Crippen LogP contribution in [0.4, 0.5) is 0 Å². The predicted octanol–water partition coefficient (Wildman–Crippen LogP) is -1.20. The van der Waals surface area contributed by atoms with Gasteiger partial charge in [-0.25, -0.2) is 0 Å². The summed E-state index contributed by atoms with van der Waals surface area (Å²) < 4.78 is 31.6. The molecule has 0 aliphatic heterocycles. The molecule has 286 valence electrons. The number of aromatic hydroxyl groups is 4. The van der Waals surface area contributed by atoms with Gasteiger partial charge in [0.15, 0.2) is 0 Å². The van der Waals surface area contributed by atoms with Gasteiger partial charge >= 0.3 is 10.4 Å². The Bertz CT molecular complexity index is 1180. The molecule has 18 nitrogen and oxygen atoms in total.